The van der Waals surface area contributed by atoms with E-state index in [1.54, 1.807) is 23.6 Å². The van der Waals surface area contributed by atoms with Gasteiger partial charge in [0.25, 0.3) is 0 Å². The average Bonchev–Trinajstić information content (AvgIpc) is 2.31. The number of rotatable bonds is 0. The van der Waals surface area contributed by atoms with Gasteiger partial charge in [0.1, 0.15) is 0 Å². The van der Waals surface area contributed by atoms with Crippen LogP contribution in [0.25, 0.3) is 12.2 Å². The van der Waals surface area contributed by atoms with Gasteiger partial charge in [-0.15, -0.1) is 11.3 Å². The van der Waals surface area contributed by atoms with Gasteiger partial charge >= 0.3 is 0 Å². The van der Waals surface area contributed by atoms with Crippen molar-refractivity contribution in [1.82, 2.24) is 5.32 Å². The minimum Gasteiger partial charge on any atom is -0.495 e. The van der Waals surface area contributed by atoms with E-state index >= 15 is 0 Å². The SMILES string of the molecule is OC1=Cc2sccc2C=CN1. The Bertz CT molecular complexity index is 325. The Hall–Kier alpha value is -1.22. The summed E-state index contributed by atoms with van der Waals surface area (Å²) in [6, 6.07) is 2.02. The summed E-state index contributed by atoms with van der Waals surface area (Å²) in [5.41, 5.74) is 1.14. The predicted molar refractivity (Wildman–Crippen MR) is 47.1 cm³/mol. The van der Waals surface area contributed by atoms with Crippen LogP contribution < -0.4 is 5.32 Å². The summed E-state index contributed by atoms with van der Waals surface area (Å²) in [6.07, 6.45) is 5.38. The number of aliphatic hydroxyl groups is 1. The zero-order valence-corrected chi connectivity index (χ0v) is 6.56. The molecule has 2 rings (SSSR count). The largest absolute Gasteiger partial charge is 0.495 e. The van der Waals surface area contributed by atoms with Crippen LogP contribution in [0, 0.1) is 0 Å². The molecule has 0 atom stereocenters. The van der Waals surface area contributed by atoms with Crippen LogP contribution in [0.15, 0.2) is 23.5 Å². The first-order valence-electron chi connectivity index (χ1n) is 3.27. The maximum absolute atomic E-state index is 9.16. The number of aliphatic hydroxyl groups excluding tert-OH is 1. The molecule has 11 heavy (non-hydrogen) atoms. The Balaban J connectivity index is 2.55. The zero-order chi connectivity index (χ0) is 7.68. The Kier molecular flexibility index (Phi) is 1.43. The number of thiophene rings is 1. The molecule has 0 fully saturated rings. The normalized spacial score (nSPS) is 14.7. The summed E-state index contributed by atoms with van der Waals surface area (Å²) < 4.78 is 0. The highest BCUT2D eigenvalue weighted by Crippen LogP contribution is 2.21. The van der Waals surface area contributed by atoms with Crippen LogP contribution in [0.1, 0.15) is 10.4 Å². The molecule has 1 aliphatic rings. The Morgan fingerprint density at radius 2 is 2.36 bits per heavy atom. The molecule has 1 aromatic heterocycles. The van der Waals surface area contributed by atoms with E-state index in [9.17, 15) is 0 Å². The zero-order valence-electron chi connectivity index (χ0n) is 5.74. The molecule has 0 radical (unpaired) electrons. The van der Waals surface area contributed by atoms with Gasteiger partial charge in [-0.2, -0.15) is 0 Å². The van der Waals surface area contributed by atoms with Crippen LogP contribution >= 0.6 is 11.3 Å². The summed E-state index contributed by atoms with van der Waals surface area (Å²) in [6.45, 7) is 0. The molecule has 0 saturated carbocycles. The standard InChI is InChI=1S/C8H7NOS/c10-8-5-7-6(1-3-9-8)2-4-11-7/h1-5,9-10H. The van der Waals surface area contributed by atoms with Crippen LogP contribution in [0.2, 0.25) is 0 Å². The smallest absolute Gasteiger partial charge is 0.189 e. The molecular weight excluding hydrogens is 158 g/mol. The molecule has 2 N–H and O–H groups in total. The van der Waals surface area contributed by atoms with E-state index in [2.05, 4.69) is 5.32 Å². The first-order chi connectivity index (χ1) is 5.36. The Labute approximate surface area is 68.5 Å². The molecule has 0 amide bonds. The van der Waals surface area contributed by atoms with Crippen molar-refractivity contribution in [2.75, 3.05) is 0 Å². The van der Waals surface area contributed by atoms with Crippen molar-refractivity contribution in [3.8, 4) is 0 Å². The van der Waals surface area contributed by atoms with Crippen molar-refractivity contribution in [2.24, 2.45) is 0 Å². The van der Waals surface area contributed by atoms with E-state index in [1.165, 1.54) is 0 Å². The molecule has 0 spiro atoms. The number of fused-ring (bicyclic) bond motifs is 1. The van der Waals surface area contributed by atoms with Crippen LogP contribution in [0.5, 0.6) is 0 Å². The lowest BCUT2D eigenvalue weighted by Crippen LogP contribution is -2.00. The quantitative estimate of drug-likeness (QED) is 0.617. The van der Waals surface area contributed by atoms with E-state index in [-0.39, 0.29) is 5.88 Å². The summed E-state index contributed by atoms with van der Waals surface area (Å²) in [4.78, 5) is 1.09. The van der Waals surface area contributed by atoms with Crippen molar-refractivity contribution < 1.29 is 5.11 Å². The van der Waals surface area contributed by atoms with Gasteiger partial charge in [-0.25, -0.2) is 0 Å². The van der Waals surface area contributed by atoms with Gasteiger partial charge < -0.3 is 10.4 Å². The van der Waals surface area contributed by atoms with E-state index in [4.69, 9.17) is 5.11 Å². The summed E-state index contributed by atoms with van der Waals surface area (Å²) in [5, 5.41) is 13.9. The summed E-state index contributed by atoms with van der Waals surface area (Å²) >= 11 is 1.61. The van der Waals surface area contributed by atoms with Gasteiger partial charge in [0.2, 0.25) is 0 Å². The van der Waals surface area contributed by atoms with Gasteiger partial charge in [-0.3, -0.25) is 0 Å². The number of hydrogen-bond donors (Lipinski definition) is 2. The highest BCUT2D eigenvalue weighted by Gasteiger charge is 2.02. The molecular formula is C8H7NOS. The van der Waals surface area contributed by atoms with Gasteiger partial charge in [0.15, 0.2) is 5.88 Å². The second kappa shape index (κ2) is 2.43. The van der Waals surface area contributed by atoms with Gasteiger partial charge in [-0.1, -0.05) is 0 Å². The second-order valence-corrected chi connectivity index (χ2v) is 3.20. The molecule has 2 nitrogen and oxygen atoms in total. The van der Waals surface area contributed by atoms with E-state index in [0.29, 0.717) is 0 Å². The summed E-state index contributed by atoms with van der Waals surface area (Å²) in [7, 11) is 0. The molecule has 1 aromatic rings. The average molecular weight is 165 g/mol. The fourth-order valence-electron chi connectivity index (χ4n) is 0.969. The Morgan fingerprint density at radius 1 is 1.45 bits per heavy atom. The monoisotopic (exact) mass is 165 g/mol. The van der Waals surface area contributed by atoms with Crippen molar-refractivity contribution in [3.63, 3.8) is 0 Å². The molecule has 0 bridgehead atoms. The third kappa shape index (κ3) is 1.14. The maximum Gasteiger partial charge on any atom is 0.189 e. The molecule has 0 aliphatic carbocycles. The number of nitrogens with one attached hydrogen (secondary N) is 1. The Morgan fingerprint density at radius 3 is 3.27 bits per heavy atom. The highest BCUT2D eigenvalue weighted by molar-refractivity contribution is 7.11. The molecule has 2 heterocycles. The minimum atomic E-state index is 0.197. The first kappa shape index (κ1) is 6.49. The molecule has 3 heteroatoms. The molecule has 0 unspecified atom stereocenters. The van der Waals surface area contributed by atoms with Gasteiger partial charge in [0, 0.05) is 17.2 Å². The van der Waals surface area contributed by atoms with Crippen molar-refractivity contribution in [1.29, 1.82) is 0 Å². The summed E-state index contributed by atoms with van der Waals surface area (Å²) in [5.74, 6) is 0.197. The third-order valence-corrected chi connectivity index (χ3v) is 2.37. The molecule has 0 aromatic carbocycles. The first-order valence-corrected chi connectivity index (χ1v) is 4.15. The van der Waals surface area contributed by atoms with Crippen molar-refractivity contribution in [3.05, 3.63) is 34.0 Å². The van der Waals surface area contributed by atoms with Crippen molar-refractivity contribution >= 4 is 23.5 Å². The fraction of sp³-hybridized carbons (Fsp3) is 0. The van der Waals surface area contributed by atoms with E-state index < -0.39 is 0 Å². The second-order valence-electron chi connectivity index (χ2n) is 2.25. The maximum atomic E-state index is 9.16. The topological polar surface area (TPSA) is 32.3 Å². The lowest BCUT2D eigenvalue weighted by atomic mass is 10.2. The van der Waals surface area contributed by atoms with Crippen LogP contribution in [-0.4, -0.2) is 5.11 Å². The van der Waals surface area contributed by atoms with E-state index in [0.717, 1.165) is 10.4 Å². The van der Waals surface area contributed by atoms with Crippen LogP contribution in [0.3, 0.4) is 0 Å². The van der Waals surface area contributed by atoms with Gasteiger partial charge in [0.05, 0.1) is 0 Å². The molecule has 1 aliphatic heterocycles. The number of hydrogen-bond acceptors (Lipinski definition) is 3. The minimum absolute atomic E-state index is 0.197. The molecule has 0 saturated heterocycles. The molecule has 56 valence electrons. The van der Waals surface area contributed by atoms with Crippen LogP contribution in [-0.2, 0) is 0 Å². The lowest BCUT2D eigenvalue weighted by molar-refractivity contribution is 0.389. The van der Waals surface area contributed by atoms with Gasteiger partial charge in [-0.05, 0) is 23.1 Å². The predicted octanol–water partition coefficient (Wildman–Crippen LogP) is 2.18. The van der Waals surface area contributed by atoms with E-state index in [1.807, 2.05) is 17.5 Å². The lowest BCUT2D eigenvalue weighted by Gasteiger charge is -1.92. The highest BCUT2D eigenvalue weighted by atomic mass is 32.1. The fourth-order valence-corrected chi connectivity index (χ4v) is 1.78. The van der Waals surface area contributed by atoms with Crippen LogP contribution in [0.4, 0.5) is 0 Å². The third-order valence-electron chi connectivity index (χ3n) is 1.49. The van der Waals surface area contributed by atoms with Crippen molar-refractivity contribution in [2.45, 2.75) is 0 Å².